The fourth-order valence-corrected chi connectivity index (χ4v) is 5.99. The summed E-state index contributed by atoms with van der Waals surface area (Å²) in [6, 6.07) is 35.8. The van der Waals surface area contributed by atoms with Gasteiger partial charge in [0.05, 0.1) is 14.2 Å². The highest BCUT2D eigenvalue weighted by atomic mass is 35.5. The molecule has 10 heteroatoms. The molecule has 5 aromatic rings. The van der Waals surface area contributed by atoms with E-state index in [0.717, 1.165) is 16.0 Å². The van der Waals surface area contributed by atoms with E-state index in [9.17, 15) is 14.4 Å². The zero-order valence-corrected chi connectivity index (χ0v) is 28.6. The van der Waals surface area contributed by atoms with Crippen molar-refractivity contribution >= 4 is 58.5 Å². The minimum absolute atomic E-state index is 0.00382. The van der Waals surface area contributed by atoms with Crippen molar-refractivity contribution in [2.45, 2.75) is 17.1 Å². The van der Waals surface area contributed by atoms with Crippen molar-refractivity contribution in [3.8, 4) is 11.5 Å². The SMILES string of the molecule is COc1ccc(OC)c(/C=C(\NC(=O)c2ccccc2)C(=O)Nc2ccc(SC(C(=O)Nc3ccc(C)c(Cl)c3)c3ccccc3)cc2)c1. The molecule has 0 spiro atoms. The number of thioether (sulfide) groups is 1. The number of methoxy groups -OCH3 is 2. The zero-order chi connectivity index (χ0) is 34.8. The topological polar surface area (TPSA) is 106 Å². The Bertz CT molecular complexity index is 1970. The Hall–Kier alpha value is -5.51. The number of benzene rings is 5. The van der Waals surface area contributed by atoms with Gasteiger partial charge in [-0.25, -0.2) is 0 Å². The van der Waals surface area contributed by atoms with Crippen LogP contribution in [0.2, 0.25) is 5.02 Å². The van der Waals surface area contributed by atoms with Gasteiger partial charge in [-0.15, -0.1) is 11.8 Å². The Kier molecular flexibility index (Phi) is 11.8. The van der Waals surface area contributed by atoms with E-state index in [1.165, 1.54) is 32.1 Å². The van der Waals surface area contributed by atoms with Crippen LogP contribution in [0.25, 0.3) is 6.08 Å². The second-order valence-electron chi connectivity index (χ2n) is 10.8. The summed E-state index contributed by atoms with van der Waals surface area (Å²) in [7, 11) is 3.06. The third kappa shape index (κ3) is 9.31. The minimum Gasteiger partial charge on any atom is -0.497 e. The van der Waals surface area contributed by atoms with Gasteiger partial charge in [0.25, 0.3) is 11.8 Å². The van der Waals surface area contributed by atoms with E-state index in [4.69, 9.17) is 21.1 Å². The van der Waals surface area contributed by atoms with Crippen LogP contribution in [-0.2, 0) is 9.59 Å². The molecule has 0 radical (unpaired) electrons. The number of anilines is 2. The number of ether oxygens (including phenoxy) is 2. The van der Waals surface area contributed by atoms with Crippen LogP contribution >= 0.6 is 23.4 Å². The lowest BCUT2D eigenvalue weighted by Gasteiger charge is -2.18. The van der Waals surface area contributed by atoms with Crippen molar-refractivity contribution in [2.24, 2.45) is 0 Å². The molecule has 0 heterocycles. The van der Waals surface area contributed by atoms with Crippen LogP contribution in [-0.4, -0.2) is 31.9 Å². The Morgan fingerprint density at radius 1 is 0.755 bits per heavy atom. The molecule has 3 N–H and O–H groups in total. The van der Waals surface area contributed by atoms with Gasteiger partial charge in [-0.05, 0) is 90.9 Å². The predicted octanol–water partition coefficient (Wildman–Crippen LogP) is 8.55. The van der Waals surface area contributed by atoms with Gasteiger partial charge in [-0.3, -0.25) is 14.4 Å². The van der Waals surface area contributed by atoms with E-state index < -0.39 is 17.1 Å². The molecule has 5 aromatic carbocycles. The molecular weight excluding hydrogens is 658 g/mol. The first-order valence-corrected chi connectivity index (χ1v) is 16.5. The standard InChI is InChI=1S/C39H34ClN3O5S/c1-25-14-15-30(24-33(25)40)42-39(46)36(26-10-6-4-7-11-26)49-32-19-16-29(17-20-32)41-38(45)34(43-37(44)27-12-8-5-9-13-27)23-28-22-31(47-2)18-21-35(28)48-3/h4-24,36H,1-3H3,(H,41,45)(H,42,46)(H,43,44)/b34-23-. The molecule has 3 amide bonds. The van der Waals surface area contributed by atoms with E-state index in [0.29, 0.717) is 39.0 Å². The van der Waals surface area contributed by atoms with Crippen LogP contribution < -0.4 is 25.4 Å². The summed E-state index contributed by atoms with van der Waals surface area (Å²) in [4.78, 5) is 41.1. The number of carbonyl (C=O) groups is 3. The lowest BCUT2D eigenvalue weighted by molar-refractivity contribution is -0.116. The molecule has 49 heavy (non-hydrogen) atoms. The number of rotatable bonds is 12. The average Bonchev–Trinajstić information content (AvgIpc) is 3.13. The molecule has 5 rings (SSSR count). The Balaban J connectivity index is 1.36. The molecule has 0 aliphatic heterocycles. The van der Waals surface area contributed by atoms with Gasteiger partial charge in [0.2, 0.25) is 5.91 Å². The largest absolute Gasteiger partial charge is 0.497 e. The zero-order valence-electron chi connectivity index (χ0n) is 27.0. The lowest BCUT2D eigenvalue weighted by Crippen LogP contribution is -2.30. The summed E-state index contributed by atoms with van der Waals surface area (Å²) in [5, 5.41) is 8.59. The normalized spacial score (nSPS) is 11.6. The third-order valence-corrected chi connectivity index (χ3v) is 9.08. The highest BCUT2D eigenvalue weighted by Crippen LogP contribution is 2.37. The molecule has 0 saturated carbocycles. The Labute approximate surface area is 294 Å². The first kappa shape index (κ1) is 34.8. The number of nitrogens with one attached hydrogen (secondary N) is 3. The second-order valence-corrected chi connectivity index (χ2v) is 12.4. The van der Waals surface area contributed by atoms with Crippen molar-refractivity contribution in [2.75, 3.05) is 24.9 Å². The maximum absolute atomic E-state index is 13.7. The summed E-state index contributed by atoms with van der Waals surface area (Å²) in [6.45, 7) is 1.90. The Morgan fingerprint density at radius 3 is 2.08 bits per heavy atom. The van der Waals surface area contributed by atoms with E-state index in [1.807, 2.05) is 61.5 Å². The fraction of sp³-hybridized carbons (Fsp3) is 0.103. The van der Waals surface area contributed by atoms with Crippen molar-refractivity contribution in [1.29, 1.82) is 0 Å². The van der Waals surface area contributed by atoms with Crippen molar-refractivity contribution in [3.63, 3.8) is 0 Å². The molecule has 0 aliphatic rings. The average molecular weight is 692 g/mol. The van der Waals surface area contributed by atoms with E-state index in [2.05, 4.69) is 16.0 Å². The summed E-state index contributed by atoms with van der Waals surface area (Å²) >= 11 is 7.67. The number of carbonyl (C=O) groups excluding carboxylic acids is 3. The van der Waals surface area contributed by atoms with Gasteiger partial charge in [-0.1, -0.05) is 66.2 Å². The van der Waals surface area contributed by atoms with Crippen LogP contribution in [0, 0.1) is 6.92 Å². The fourth-order valence-electron chi connectivity index (χ4n) is 4.78. The molecule has 1 atom stereocenters. The third-order valence-electron chi connectivity index (χ3n) is 7.41. The summed E-state index contributed by atoms with van der Waals surface area (Å²) in [5.74, 6) is -0.157. The van der Waals surface area contributed by atoms with Crippen LogP contribution in [0.1, 0.15) is 32.3 Å². The lowest BCUT2D eigenvalue weighted by atomic mass is 10.1. The second kappa shape index (κ2) is 16.5. The number of amides is 3. The van der Waals surface area contributed by atoms with E-state index in [1.54, 1.807) is 66.7 Å². The molecule has 0 fully saturated rings. The van der Waals surface area contributed by atoms with E-state index >= 15 is 0 Å². The maximum atomic E-state index is 13.7. The summed E-state index contributed by atoms with van der Waals surface area (Å²) in [6.07, 6.45) is 1.53. The quantitative estimate of drug-likeness (QED) is 0.0895. The smallest absolute Gasteiger partial charge is 0.272 e. The van der Waals surface area contributed by atoms with Crippen LogP contribution in [0.15, 0.2) is 132 Å². The highest BCUT2D eigenvalue weighted by Gasteiger charge is 2.23. The van der Waals surface area contributed by atoms with E-state index in [-0.39, 0.29) is 11.6 Å². The molecular formula is C39H34ClN3O5S. The monoisotopic (exact) mass is 691 g/mol. The highest BCUT2D eigenvalue weighted by molar-refractivity contribution is 8.00. The molecule has 248 valence electrons. The van der Waals surface area contributed by atoms with Crippen LogP contribution in [0.3, 0.4) is 0 Å². The van der Waals surface area contributed by atoms with Gasteiger partial charge in [0, 0.05) is 32.4 Å². The number of halogens is 1. The van der Waals surface area contributed by atoms with Crippen molar-refractivity contribution in [3.05, 3.63) is 154 Å². The van der Waals surface area contributed by atoms with Gasteiger partial charge in [0.1, 0.15) is 22.4 Å². The van der Waals surface area contributed by atoms with Crippen LogP contribution in [0.5, 0.6) is 11.5 Å². The molecule has 8 nitrogen and oxygen atoms in total. The molecule has 0 aliphatic carbocycles. The first-order valence-electron chi connectivity index (χ1n) is 15.2. The molecule has 0 aromatic heterocycles. The first-order chi connectivity index (χ1) is 23.7. The van der Waals surface area contributed by atoms with Gasteiger partial charge in [0.15, 0.2) is 0 Å². The Morgan fingerprint density at radius 2 is 1.43 bits per heavy atom. The van der Waals surface area contributed by atoms with Crippen molar-refractivity contribution in [1.82, 2.24) is 5.32 Å². The predicted molar refractivity (Wildman–Crippen MR) is 196 cm³/mol. The molecule has 0 saturated heterocycles. The summed E-state index contributed by atoms with van der Waals surface area (Å²) < 4.78 is 10.8. The summed E-state index contributed by atoms with van der Waals surface area (Å²) in [5.41, 5.74) is 3.76. The van der Waals surface area contributed by atoms with Gasteiger partial charge in [-0.2, -0.15) is 0 Å². The molecule has 1 unspecified atom stereocenters. The van der Waals surface area contributed by atoms with Crippen LogP contribution in [0.4, 0.5) is 11.4 Å². The number of aryl methyl sites for hydroxylation is 1. The number of hydrogen-bond acceptors (Lipinski definition) is 6. The van der Waals surface area contributed by atoms with Gasteiger partial charge < -0.3 is 25.4 Å². The maximum Gasteiger partial charge on any atom is 0.272 e. The number of hydrogen-bond donors (Lipinski definition) is 3. The molecule has 0 bridgehead atoms. The minimum atomic E-state index is -0.567. The van der Waals surface area contributed by atoms with Gasteiger partial charge >= 0.3 is 0 Å². The van der Waals surface area contributed by atoms with Crippen molar-refractivity contribution < 1.29 is 23.9 Å².